The summed E-state index contributed by atoms with van der Waals surface area (Å²) in [7, 11) is 0. The van der Waals surface area contributed by atoms with Crippen LogP contribution in [0, 0.1) is 0 Å². The van der Waals surface area contributed by atoms with Crippen LogP contribution in [0.2, 0.25) is 0 Å². The van der Waals surface area contributed by atoms with Crippen LogP contribution < -0.4 is 10.6 Å². The summed E-state index contributed by atoms with van der Waals surface area (Å²) < 4.78 is 0. The molecule has 1 saturated heterocycles. The van der Waals surface area contributed by atoms with Gasteiger partial charge < -0.3 is 10.6 Å². The van der Waals surface area contributed by atoms with Crippen LogP contribution >= 0.6 is 0 Å². The molecule has 1 heterocycles. The van der Waals surface area contributed by atoms with Gasteiger partial charge in [-0.2, -0.15) is 0 Å². The topological polar surface area (TPSA) is 41.1 Å². The Balaban J connectivity index is 0.000000241. The molecule has 1 fully saturated rings. The molecule has 14 heavy (non-hydrogen) atoms. The first-order valence-electron chi connectivity index (χ1n) is 5.71. The molecule has 1 unspecified atom stereocenters. The van der Waals surface area contributed by atoms with Crippen LogP contribution in [0.4, 0.5) is 0 Å². The van der Waals surface area contributed by atoms with Crippen molar-refractivity contribution in [2.75, 3.05) is 13.1 Å². The Morgan fingerprint density at radius 3 is 2.64 bits per heavy atom. The first kappa shape index (κ1) is 13.4. The molecule has 1 atom stereocenters. The van der Waals surface area contributed by atoms with Crippen molar-refractivity contribution in [2.24, 2.45) is 0 Å². The van der Waals surface area contributed by atoms with Gasteiger partial charge in [-0.1, -0.05) is 19.8 Å². The Hall–Kier alpha value is -0.570. The number of hydrogen-bond donors (Lipinski definition) is 2. The zero-order chi connectivity index (χ0) is 10.6. The van der Waals surface area contributed by atoms with E-state index in [0.29, 0.717) is 0 Å². The molecule has 1 aliphatic heterocycles. The molecule has 0 aliphatic carbocycles. The van der Waals surface area contributed by atoms with Gasteiger partial charge in [0.15, 0.2) is 0 Å². The van der Waals surface area contributed by atoms with E-state index in [-0.39, 0.29) is 0 Å². The fraction of sp³-hybridized carbons (Fsp3) is 0.909. The van der Waals surface area contributed by atoms with Gasteiger partial charge in [0.1, 0.15) is 0 Å². The summed E-state index contributed by atoms with van der Waals surface area (Å²) in [6.45, 7) is 6.40. The lowest BCUT2D eigenvalue weighted by atomic mass is 10.1. The normalized spacial score (nSPS) is 20.6. The minimum Gasteiger partial charge on any atom is -0.359 e. The summed E-state index contributed by atoms with van der Waals surface area (Å²) >= 11 is 0. The van der Waals surface area contributed by atoms with Crippen molar-refractivity contribution < 1.29 is 4.79 Å². The maximum atomic E-state index is 9.57. The summed E-state index contributed by atoms with van der Waals surface area (Å²) in [4.78, 5) is 9.57. The number of hydrogen-bond acceptors (Lipinski definition) is 2. The first-order valence-corrected chi connectivity index (χ1v) is 5.71. The predicted molar refractivity (Wildman–Crippen MR) is 60.3 cm³/mol. The van der Waals surface area contributed by atoms with Crippen LogP contribution in [0.3, 0.4) is 0 Å². The number of carbonyl (C=O) groups excluding carboxylic acids is 1. The van der Waals surface area contributed by atoms with Gasteiger partial charge in [-0.3, -0.25) is 4.79 Å². The highest BCUT2D eigenvalue weighted by molar-refractivity contribution is 5.45. The molecule has 84 valence electrons. The van der Waals surface area contributed by atoms with Crippen LogP contribution in [0.15, 0.2) is 0 Å². The molecule has 1 amide bonds. The second-order valence-corrected chi connectivity index (χ2v) is 3.78. The van der Waals surface area contributed by atoms with Gasteiger partial charge in [0.05, 0.1) is 0 Å². The number of carbonyl (C=O) groups is 1. The van der Waals surface area contributed by atoms with E-state index in [1.807, 2.05) is 0 Å². The second kappa shape index (κ2) is 10.5. The molecule has 0 aromatic carbocycles. The Labute approximate surface area is 87.6 Å². The van der Waals surface area contributed by atoms with Gasteiger partial charge in [-0.15, -0.1) is 0 Å². The highest BCUT2D eigenvalue weighted by atomic mass is 16.1. The summed E-state index contributed by atoms with van der Waals surface area (Å²) in [6, 6.07) is 0.786. The molecular formula is C11H24N2O. The fourth-order valence-electron chi connectivity index (χ4n) is 1.36. The Morgan fingerprint density at radius 1 is 1.50 bits per heavy atom. The van der Waals surface area contributed by atoms with Crippen molar-refractivity contribution in [1.82, 2.24) is 10.6 Å². The minimum atomic E-state index is 0.732. The van der Waals surface area contributed by atoms with E-state index in [9.17, 15) is 4.79 Å². The largest absolute Gasteiger partial charge is 0.359 e. The van der Waals surface area contributed by atoms with E-state index >= 15 is 0 Å². The minimum absolute atomic E-state index is 0.732. The zero-order valence-corrected chi connectivity index (χ0v) is 9.51. The van der Waals surface area contributed by atoms with E-state index in [4.69, 9.17) is 0 Å². The Morgan fingerprint density at radius 2 is 2.29 bits per heavy atom. The maximum Gasteiger partial charge on any atom is 0.207 e. The molecule has 0 radical (unpaired) electrons. The van der Waals surface area contributed by atoms with Crippen LogP contribution in [0.1, 0.15) is 46.0 Å². The predicted octanol–water partition coefficient (Wildman–Crippen LogP) is 1.68. The smallest absolute Gasteiger partial charge is 0.207 e. The Kier molecular flexibility index (Phi) is 10.1. The van der Waals surface area contributed by atoms with Crippen LogP contribution in [-0.2, 0) is 4.79 Å². The van der Waals surface area contributed by atoms with Crippen molar-refractivity contribution in [1.29, 1.82) is 0 Å². The van der Waals surface area contributed by atoms with Crippen LogP contribution in [0.5, 0.6) is 0 Å². The van der Waals surface area contributed by atoms with E-state index < -0.39 is 0 Å². The molecular weight excluding hydrogens is 176 g/mol. The highest BCUT2D eigenvalue weighted by Crippen LogP contribution is 2.04. The molecule has 2 N–H and O–H groups in total. The average molecular weight is 200 g/mol. The summed E-state index contributed by atoms with van der Waals surface area (Å²) in [6.07, 6.45) is 7.13. The van der Waals surface area contributed by atoms with E-state index in [1.165, 1.54) is 25.8 Å². The summed E-state index contributed by atoms with van der Waals surface area (Å²) in [5.41, 5.74) is 0. The zero-order valence-electron chi connectivity index (χ0n) is 9.51. The van der Waals surface area contributed by atoms with E-state index in [1.54, 1.807) is 0 Å². The van der Waals surface area contributed by atoms with Gasteiger partial charge in [-0.05, 0) is 32.7 Å². The number of rotatable bonds is 4. The third kappa shape index (κ3) is 9.52. The van der Waals surface area contributed by atoms with Gasteiger partial charge >= 0.3 is 0 Å². The SMILES string of the molecule is CC1CCCCN1.CCCCNC=O. The molecule has 0 aromatic heterocycles. The van der Waals surface area contributed by atoms with Gasteiger partial charge in [0.2, 0.25) is 6.41 Å². The molecule has 0 saturated carbocycles. The average Bonchev–Trinajstić information content (AvgIpc) is 2.21. The molecule has 3 nitrogen and oxygen atoms in total. The van der Waals surface area contributed by atoms with E-state index in [0.717, 1.165) is 31.8 Å². The van der Waals surface area contributed by atoms with Crippen LogP contribution in [-0.4, -0.2) is 25.5 Å². The standard InChI is InChI=1S/C6H13N.C5H11NO/c1-6-4-2-3-5-7-6;1-2-3-4-6-5-7/h6-7H,2-5H2,1H3;5H,2-4H2,1H3,(H,6,7). The van der Waals surface area contributed by atoms with Crippen molar-refractivity contribution in [3.63, 3.8) is 0 Å². The summed E-state index contributed by atoms with van der Waals surface area (Å²) in [5.74, 6) is 0. The third-order valence-electron chi connectivity index (χ3n) is 2.31. The van der Waals surface area contributed by atoms with Crippen molar-refractivity contribution in [3.8, 4) is 0 Å². The highest BCUT2D eigenvalue weighted by Gasteiger charge is 2.04. The van der Waals surface area contributed by atoms with Crippen molar-refractivity contribution in [2.45, 2.75) is 52.0 Å². The Bertz CT molecular complexity index is 122. The molecule has 1 rings (SSSR count). The van der Waals surface area contributed by atoms with E-state index in [2.05, 4.69) is 24.5 Å². The lowest BCUT2D eigenvalue weighted by molar-refractivity contribution is -0.109. The molecule has 0 spiro atoms. The number of piperidine rings is 1. The number of unbranched alkanes of at least 4 members (excludes halogenated alkanes) is 1. The quantitative estimate of drug-likeness (QED) is 0.535. The maximum absolute atomic E-state index is 9.57. The molecule has 1 aliphatic rings. The van der Waals surface area contributed by atoms with Gasteiger partial charge in [0, 0.05) is 12.6 Å². The molecule has 3 heteroatoms. The van der Waals surface area contributed by atoms with Crippen molar-refractivity contribution >= 4 is 6.41 Å². The van der Waals surface area contributed by atoms with Gasteiger partial charge in [0.25, 0.3) is 0 Å². The lowest BCUT2D eigenvalue weighted by Crippen LogP contribution is -2.30. The second-order valence-electron chi connectivity index (χ2n) is 3.78. The number of amides is 1. The van der Waals surface area contributed by atoms with Gasteiger partial charge in [-0.25, -0.2) is 0 Å². The summed E-state index contributed by atoms with van der Waals surface area (Å²) in [5, 5.41) is 5.95. The molecule has 0 aromatic rings. The third-order valence-corrected chi connectivity index (χ3v) is 2.31. The fourth-order valence-corrected chi connectivity index (χ4v) is 1.36. The molecule has 0 bridgehead atoms. The van der Waals surface area contributed by atoms with Crippen LogP contribution in [0.25, 0.3) is 0 Å². The lowest BCUT2D eigenvalue weighted by Gasteiger charge is -2.18. The van der Waals surface area contributed by atoms with Crippen molar-refractivity contribution in [3.05, 3.63) is 0 Å². The number of nitrogens with one attached hydrogen (secondary N) is 2. The monoisotopic (exact) mass is 200 g/mol. The first-order chi connectivity index (χ1) is 6.81.